The summed E-state index contributed by atoms with van der Waals surface area (Å²) in [4.78, 5) is 20.0. The summed E-state index contributed by atoms with van der Waals surface area (Å²) in [5.41, 5.74) is 2.70. The van der Waals surface area contributed by atoms with Crippen LogP contribution >= 0.6 is 0 Å². The van der Waals surface area contributed by atoms with E-state index in [9.17, 15) is 9.18 Å². The smallest absolute Gasteiger partial charge is 0.270 e. The molecular formula is C21H24FN5O2. The highest BCUT2D eigenvalue weighted by atomic mass is 19.1. The van der Waals surface area contributed by atoms with Gasteiger partial charge in [-0.3, -0.25) is 4.79 Å². The molecule has 5 rings (SSSR count). The number of aromatic nitrogens is 1. The van der Waals surface area contributed by atoms with Crippen molar-refractivity contribution in [1.29, 1.82) is 0 Å². The minimum Gasteiger partial charge on any atom is -0.377 e. The van der Waals surface area contributed by atoms with Crippen LogP contribution in [0.25, 0.3) is 0 Å². The Balaban J connectivity index is 1.39. The van der Waals surface area contributed by atoms with E-state index >= 15 is 0 Å². The van der Waals surface area contributed by atoms with E-state index < -0.39 is 5.82 Å². The molecule has 1 aromatic heterocycles. The number of fused-ring (bicyclic) bond motifs is 1. The third kappa shape index (κ3) is 3.53. The Hall–Kier alpha value is -2.74. The van der Waals surface area contributed by atoms with Gasteiger partial charge in [-0.1, -0.05) is 0 Å². The number of hydrogen-bond acceptors (Lipinski definition) is 5. The first-order valence-electron chi connectivity index (χ1n) is 10.3. The van der Waals surface area contributed by atoms with Crippen molar-refractivity contribution in [3.63, 3.8) is 0 Å². The Morgan fingerprint density at radius 1 is 1.14 bits per heavy atom. The van der Waals surface area contributed by atoms with Crippen molar-refractivity contribution in [2.24, 2.45) is 10.2 Å². The van der Waals surface area contributed by atoms with Crippen LogP contribution in [-0.4, -0.2) is 54.7 Å². The maximum absolute atomic E-state index is 14.6. The Kier molecular flexibility index (Phi) is 4.79. The first-order valence-corrected chi connectivity index (χ1v) is 10.3. The fraction of sp³-hybridized carbons (Fsp3) is 0.476. The van der Waals surface area contributed by atoms with E-state index in [4.69, 9.17) is 4.74 Å². The highest BCUT2D eigenvalue weighted by Crippen LogP contribution is 2.35. The average molecular weight is 397 g/mol. The molecule has 2 fully saturated rings. The van der Waals surface area contributed by atoms with Gasteiger partial charge in [0.15, 0.2) is 5.82 Å². The van der Waals surface area contributed by atoms with Gasteiger partial charge in [-0.05, 0) is 55.5 Å². The largest absolute Gasteiger partial charge is 0.377 e. The number of nitrogens with zero attached hydrogens (tertiary/aromatic N) is 4. The van der Waals surface area contributed by atoms with Gasteiger partial charge in [0.05, 0.1) is 13.2 Å². The first-order chi connectivity index (χ1) is 14.2. The zero-order valence-corrected chi connectivity index (χ0v) is 16.2. The summed E-state index contributed by atoms with van der Waals surface area (Å²) in [7, 11) is 0. The van der Waals surface area contributed by atoms with Gasteiger partial charge in [-0.2, -0.15) is 10.2 Å². The lowest BCUT2D eigenvalue weighted by atomic mass is 10.1. The summed E-state index contributed by atoms with van der Waals surface area (Å²) < 4.78 is 19.7. The topological polar surface area (TPSA) is 73.3 Å². The average Bonchev–Trinajstić information content (AvgIpc) is 3.37. The lowest BCUT2D eigenvalue weighted by molar-refractivity contribution is 0.0105. The van der Waals surface area contributed by atoms with Crippen LogP contribution in [0.15, 0.2) is 34.5 Å². The van der Waals surface area contributed by atoms with Gasteiger partial charge in [0.1, 0.15) is 23.2 Å². The lowest BCUT2D eigenvalue weighted by Gasteiger charge is -2.29. The van der Waals surface area contributed by atoms with E-state index in [0.29, 0.717) is 18.9 Å². The number of anilines is 2. The van der Waals surface area contributed by atoms with Gasteiger partial charge in [-0.25, -0.2) is 4.39 Å². The molecule has 0 saturated carbocycles. The number of carbonyl (C=O) groups is 1. The van der Waals surface area contributed by atoms with Crippen molar-refractivity contribution in [1.82, 2.24) is 9.88 Å². The molecular weight excluding hydrogens is 373 g/mol. The quantitative estimate of drug-likeness (QED) is 0.794. The van der Waals surface area contributed by atoms with Crippen LogP contribution in [0.4, 0.5) is 21.6 Å². The Bertz CT molecular complexity index is 947. The highest BCUT2D eigenvalue weighted by molar-refractivity contribution is 5.94. The predicted molar refractivity (Wildman–Crippen MR) is 107 cm³/mol. The summed E-state index contributed by atoms with van der Waals surface area (Å²) in [6, 6.07) is 6.99. The van der Waals surface area contributed by atoms with E-state index in [0.717, 1.165) is 62.4 Å². The summed E-state index contributed by atoms with van der Waals surface area (Å²) in [5, 5.41) is 8.12. The van der Waals surface area contributed by atoms with E-state index in [2.05, 4.69) is 15.2 Å². The number of rotatable bonds is 4. The van der Waals surface area contributed by atoms with E-state index in [1.165, 1.54) is 6.07 Å². The summed E-state index contributed by atoms with van der Waals surface area (Å²) in [6.07, 6.45) is 3.99. The van der Waals surface area contributed by atoms with Crippen LogP contribution in [-0.2, 0) is 11.2 Å². The van der Waals surface area contributed by atoms with Crippen molar-refractivity contribution < 1.29 is 13.9 Å². The van der Waals surface area contributed by atoms with Crippen molar-refractivity contribution in [3.05, 3.63) is 41.3 Å². The Morgan fingerprint density at radius 2 is 1.97 bits per heavy atom. The van der Waals surface area contributed by atoms with Crippen LogP contribution in [0.1, 0.15) is 35.3 Å². The second-order valence-electron chi connectivity index (χ2n) is 7.85. The number of halogens is 1. The number of aryl methyl sites for hydroxylation is 1. The molecule has 1 aromatic carbocycles. The standard InChI is InChI=1S/C21H24FN5O2/c22-17-11-16(5-6-18(17)25-24-15-12-29-13-15)27-9-3-4-14-10-19(23-20(14)27)21(28)26-7-1-2-8-26/h5-6,10-11,15,23H,1-4,7-9,12-13H2. The lowest BCUT2D eigenvalue weighted by Crippen LogP contribution is -2.31. The van der Waals surface area contributed by atoms with Crippen LogP contribution in [0, 0.1) is 5.82 Å². The maximum Gasteiger partial charge on any atom is 0.270 e. The molecule has 7 nitrogen and oxygen atoms in total. The molecule has 0 bridgehead atoms. The molecule has 4 heterocycles. The van der Waals surface area contributed by atoms with Gasteiger partial charge >= 0.3 is 0 Å². The monoisotopic (exact) mass is 397 g/mol. The molecule has 0 aliphatic carbocycles. The number of carbonyl (C=O) groups excluding carboxylic acids is 1. The van der Waals surface area contributed by atoms with Crippen LogP contribution in [0.5, 0.6) is 0 Å². The number of benzene rings is 1. The van der Waals surface area contributed by atoms with Crippen LogP contribution in [0.3, 0.4) is 0 Å². The third-order valence-electron chi connectivity index (χ3n) is 5.79. The van der Waals surface area contributed by atoms with E-state index in [-0.39, 0.29) is 17.6 Å². The molecule has 3 aliphatic rings. The molecule has 2 saturated heterocycles. The van der Waals surface area contributed by atoms with E-state index in [1.54, 1.807) is 6.07 Å². The highest BCUT2D eigenvalue weighted by Gasteiger charge is 2.27. The second-order valence-corrected chi connectivity index (χ2v) is 7.85. The molecule has 152 valence electrons. The number of H-pyrrole nitrogens is 1. The normalized spacial score (nSPS) is 19.6. The summed E-state index contributed by atoms with van der Waals surface area (Å²) in [6.45, 7) is 3.50. The second kappa shape index (κ2) is 7.59. The SMILES string of the molecule is O=C(c1cc2c([nH]1)N(c1ccc(N=NC3COC3)c(F)c1)CCC2)N1CCCC1. The number of azo groups is 1. The van der Waals surface area contributed by atoms with Crippen molar-refractivity contribution in [2.45, 2.75) is 31.7 Å². The minimum atomic E-state index is -0.404. The van der Waals surface area contributed by atoms with Gasteiger partial charge in [-0.15, -0.1) is 0 Å². The molecule has 29 heavy (non-hydrogen) atoms. The van der Waals surface area contributed by atoms with Crippen LogP contribution in [0.2, 0.25) is 0 Å². The number of aromatic amines is 1. The van der Waals surface area contributed by atoms with Gasteiger partial charge in [0.25, 0.3) is 5.91 Å². The van der Waals surface area contributed by atoms with Crippen molar-refractivity contribution in [2.75, 3.05) is 37.7 Å². The van der Waals surface area contributed by atoms with Gasteiger partial charge in [0.2, 0.25) is 0 Å². The molecule has 0 unspecified atom stereocenters. The zero-order chi connectivity index (χ0) is 19.8. The molecule has 2 aromatic rings. The molecule has 0 radical (unpaired) electrons. The molecule has 0 spiro atoms. The number of nitrogens with one attached hydrogen (secondary N) is 1. The van der Waals surface area contributed by atoms with Crippen molar-refractivity contribution in [3.8, 4) is 0 Å². The third-order valence-corrected chi connectivity index (χ3v) is 5.79. The number of likely N-dealkylation sites (tertiary alicyclic amines) is 1. The number of ether oxygens (including phenoxy) is 1. The summed E-state index contributed by atoms with van der Waals surface area (Å²) >= 11 is 0. The first kappa shape index (κ1) is 18.3. The van der Waals surface area contributed by atoms with Crippen LogP contribution < -0.4 is 4.90 Å². The van der Waals surface area contributed by atoms with E-state index in [1.807, 2.05) is 21.9 Å². The molecule has 8 heteroatoms. The number of hydrogen-bond donors (Lipinski definition) is 1. The minimum absolute atomic E-state index is 0.0317. The molecule has 3 aliphatic heterocycles. The predicted octanol–water partition coefficient (Wildman–Crippen LogP) is 3.96. The van der Waals surface area contributed by atoms with Crippen molar-refractivity contribution >= 4 is 23.1 Å². The van der Waals surface area contributed by atoms with Gasteiger partial charge < -0.3 is 19.5 Å². The molecule has 1 amide bonds. The molecule has 1 N–H and O–H groups in total. The summed E-state index contributed by atoms with van der Waals surface area (Å²) in [5.74, 6) is 0.538. The Labute approximate surface area is 168 Å². The maximum atomic E-state index is 14.6. The number of amides is 1. The fourth-order valence-electron chi connectivity index (χ4n) is 4.10. The molecule has 0 atom stereocenters. The zero-order valence-electron chi connectivity index (χ0n) is 16.2. The van der Waals surface area contributed by atoms with Gasteiger partial charge in [0, 0.05) is 25.3 Å². The Morgan fingerprint density at radius 3 is 2.69 bits per heavy atom. The fourth-order valence-corrected chi connectivity index (χ4v) is 4.10.